The first-order chi connectivity index (χ1) is 9.90. The van der Waals surface area contributed by atoms with Crippen LogP contribution in [0.1, 0.15) is 28.9 Å². The van der Waals surface area contributed by atoms with E-state index in [-0.39, 0.29) is 18.8 Å². The molecular formula is C13H15NO6S. The molecule has 1 N–H and O–H groups in total. The van der Waals surface area contributed by atoms with Gasteiger partial charge < -0.3 is 14.2 Å². The number of sulfonamides is 1. The number of rotatable bonds is 5. The van der Waals surface area contributed by atoms with Crippen LogP contribution in [-0.2, 0) is 30.8 Å². The molecule has 0 aromatic heterocycles. The van der Waals surface area contributed by atoms with Crippen LogP contribution >= 0.6 is 0 Å². The Morgan fingerprint density at radius 1 is 1.24 bits per heavy atom. The normalized spacial score (nSPS) is 23.5. The van der Waals surface area contributed by atoms with Crippen LogP contribution < -0.4 is 4.72 Å². The fraction of sp³-hybridized carbons (Fsp3) is 0.462. The predicted molar refractivity (Wildman–Crippen MR) is 72.0 cm³/mol. The van der Waals surface area contributed by atoms with Crippen molar-refractivity contribution in [2.24, 2.45) is 0 Å². The molecule has 1 aromatic rings. The van der Waals surface area contributed by atoms with Gasteiger partial charge in [0, 0.05) is 0 Å². The third-order valence-electron chi connectivity index (χ3n) is 3.09. The number of amides is 1. The van der Waals surface area contributed by atoms with Gasteiger partial charge in [-0.25, -0.2) is 17.9 Å². The minimum atomic E-state index is -3.62. The van der Waals surface area contributed by atoms with Crippen molar-refractivity contribution in [3.8, 4) is 0 Å². The molecule has 0 spiro atoms. The maximum absolute atomic E-state index is 11.3. The number of ether oxygens (including phenoxy) is 3. The van der Waals surface area contributed by atoms with E-state index in [9.17, 15) is 13.2 Å². The van der Waals surface area contributed by atoms with Crippen molar-refractivity contribution in [3.05, 3.63) is 34.9 Å². The van der Waals surface area contributed by atoms with Gasteiger partial charge in [-0.15, -0.1) is 0 Å². The Kier molecular flexibility index (Phi) is 3.60. The Morgan fingerprint density at radius 2 is 1.76 bits per heavy atom. The van der Waals surface area contributed by atoms with Gasteiger partial charge in [-0.05, 0) is 28.8 Å². The van der Waals surface area contributed by atoms with Crippen molar-refractivity contribution < 1.29 is 27.4 Å². The average molecular weight is 313 g/mol. The maximum atomic E-state index is 11.3. The van der Waals surface area contributed by atoms with Crippen LogP contribution in [-0.4, -0.2) is 34.0 Å². The Hall–Kier alpha value is -1.64. The quantitative estimate of drug-likeness (QED) is 0.815. The zero-order valence-electron chi connectivity index (χ0n) is 11.4. The standard InChI is InChI=1S/C13H15NO6S/c1-21(16,17)14-13(15)20-5-8-2-9(11-6-18-11)4-10(3-8)12-7-19-12/h2-4,11-12H,5-7H2,1H3,(H,14,15). The minimum absolute atomic E-state index is 0.0123. The van der Waals surface area contributed by atoms with E-state index in [2.05, 4.69) is 0 Å². The highest BCUT2D eigenvalue weighted by atomic mass is 32.2. The summed E-state index contributed by atoms with van der Waals surface area (Å²) in [4.78, 5) is 11.3. The summed E-state index contributed by atoms with van der Waals surface area (Å²) in [6.45, 7) is 1.36. The van der Waals surface area contributed by atoms with Crippen LogP contribution in [0.3, 0.4) is 0 Å². The molecule has 2 saturated heterocycles. The summed E-state index contributed by atoms with van der Waals surface area (Å²) in [7, 11) is -3.62. The van der Waals surface area contributed by atoms with Crippen LogP contribution in [0.4, 0.5) is 4.79 Å². The molecule has 3 rings (SSSR count). The Bertz CT molecular complexity index is 633. The van der Waals surface area contributed by atoms with E-state index in [1.165, 1.54) is 0 Å². The van der Waals surface area contributed by atoms with Crippen molar-refractivity contribution in [2.45, 2.75) is 18.8 Å². The molecule has 1 aromatic carbocycles. The Labute approximate surface area is 122 Å². The van der Waals surface area contributed by atoms with Crippen LogP contribution in [0.5, 0.6) is 0 Å². The summed E-state index contributed by atoms with van der Waals surface area (Å²) in [6.07, 6.45) is 0.0800. The monoisotopic (exact) mass is 313 g/mol. The lowest BCUT2D eigenvalue weighted by Crippen LogP contribution is -2.29. The van der Waals surface area contributed by atoms with E-state index in [0.717, 1.165) is 22.9 Å². The number of benzene rings is 1. The lowest BCUT2D eigenvalue weighted by Gasteiger charge is -2.09. The number of carbonyl (C=O) groups is 1. The molecule has 21 heavy (non-hydrogen) atoms. The summed E-state index contributed by atoms with van der Waals surface area (Å²) in [5.74, 6) is 0. The number of epoxide rings is 2. The second-order valence-corrected chi connectivity index (χ2v) is 6.85. The van der Waals surface area contributed by atoms with E-state index in [0.29, 0.717) is 13.2 Å². The molecule has 1 amide bonds. The van der Waals surface area contributed by atoms with Crippen molar-refractivity contribution in [1.82, 2.24) is 4.72 Å². The summed E-state index contributed by atoms with van der Waals surface area (Å²) < 4.78 is 39.0. The molecular weight excluding hydrogens is 298 g/mol. The van der Waals surface area contributed by atoms with Gasteiger partial charge in [0.1, 0.15) is 18.8 Å². The van der Waals surface area contributed by atoms with Crippen LogP contribution in [0, 0.1) is 0 Å². The minimum Gasteiger partial charge on any atom is -0.444 e. The molecule has 0 radical (unpaired) electrons. The van der Waals surface area contributed by atoms with Gasteiger partial charge in [0.25, 0.3) is 0 Å². The summed E-state index contributed by atoms with van der Waals surface area (Å²) in [5.41, 5.74) is 2.81. The van der Waals surface area contributed by atoms with Crippen LogP contribution in [0.2, 0.25) is 0 Å². The SMILES string of the molecule is CS(=O)(=O)NC(=O)OCc1cc(C2CO2)cc(C2CO2)c1. The molecule has 0 saturated carbocycles. The topological polar surface area (TPSA) is 97.5 Å². The van der Waals surface area contributed by atoms with E-state index in [1.807, 2.05) is 18.2 Å². The predicted octanol–water partition coefficient (Wildman–Crippen LogP) is 1.01. The smallest absolute Gasteiger partial charge is 0.421 e. The maximum Gasteiger partial charge on any atom is 0.421 e. The second-order valence-electron chi connectivity index (χ2n) is 5.10. The van der Waals surface area contributed by atoms with Crippen molar-refractivity contribution >= 4 is 16.1 Å². The number of hydrogen-bond donors (Lipinski definition) is 1. The molecule has 2 fully saturated rings. The van der Waals surface area contributed by atoms with Gasteiger partial charge in [-0.2, -0.15) is 0 Å². The Morgan fingerprint density at radius 3 is 2.19 bits per heavy atom. The molecule has 2 unspecified atom stereocenters. The molecule has 7 nitrogen and oxygen atoms in total. The van der Waals surface area contributed by atoms with Crippen LogP contribution in [0.25, 0.3) is 0 Å². The van der Waals surface area contributed by atoms with E-state index in [1.54, 1.807) is 4.72 Å². The molecule has 8 heteroatoms. The summed E-state index contributed by atoms with van der Waals surface area (Å²) in [5, 5.41) is 0. The average Bonchev–Trinajstić information content (AvgIpc) is 3.28. The highest BCUT2D eigenvalue weighted by molar-refractivity contribution is 7.89. The van der Waals surface area contributed by atoms with Crippen LogP contribution in [0.15, 0.2) is 18.2 Å². The third kappa shape index (κ3) is 4.16. The van der Waals surface area contributed by atoms with Crippen molar-refractivity contribution in [3.63, 3.8) is 0 Å². The third-order valence-corrected chi connectivity index (χ3v) is 3.62. The van der Waals surface area contributed by atoms with E-state index >= 15 is 0 Å². The molecule has 2 heterocycles. The van der Waals surface area contributed by atoms with Crippen molar-refractivity contribution in [2.75, 3.05) is 19.5 Å². The highest BCUT2D eigenvalue weighted by Crippen LogP contribution is 2.36. The molecule has 0 aliphatic carbocycles. The second kappa shape index (κ2) is 5.28. The number of nitrogens with one attached hydrogen (secondary N) is 1. The summed E-state index contributed by atoms with van der Waals surface area (Å²) >= 11 is 0. The largest absolute Gasteiger partial charge is 0.444 e. The molecule has 114 valence electrons. The molecule has 2 atom stereocenters. The van der Waals surface area contributed by atoms with Gasteiger partial charge in [0.2, 0.25) is 10.0 Å². The van der Waals surface area contributed by atoms with E-state index < -0.39 is 16.1 Å². The molecule has 0 bridgehead atoms. The fourth-order valence-corrected chi connectivity index (χ4v) is 2.37. The van der Waals surface area contributed by atoms with Crippen molar-refractivity contribution in [1.29, 1.82) is 0 Å². The lowest BCUT2D eigenvalue weighted by molar-refractivity contribution is 0.146. The first-order valence-corrected chi connectivity index (χ1v) is 8.31. The van der Waals surface area contributed by atoms with Gasteiger partial charge in [0.15, 0.2) is 0 Å². The van der Waals surface area contributed by atoms with Gasteiger partial charge in [-0.3, -0.25) is 0 Å². The zero-order valence-corrected chi connectivity index (χ0v) is 12.2. The molecule has 2 aliphatic heterocycles. The lowest BCUT2D eigenvalue weighted by atomic mass is 10.0. The fourth-order valence-electron chi connectivity index (χ4n) is 2.01. The zero-order chi connectivity index (χ0) is 15.0. The summed E-state index contributed by atoms with van der Waals surface area (Å²) in [6, 6.07) is 5.80. The number of hydrogen-bond acceptors (Lipinski definition) is 6. The highest BCUT2D eigenvalue weighted by Gasteiger charge is 2.30. The van der Waals surface area contributed by atoms with Gasteiger partial charge in [-0.1, -0.05) is 6.07 Å². The Balaban J connectivity index is 1.68. The first kappa shape index (κ1) is 14.3. The van der Waals surface area contributed by atoms with Gasteiger partial charge in [0.05, 0.1) is 19.5 Å². The van der Waals surface area contributed by atoms with Gasteiger partial charge >= 0.3 is 6.09 Å². The molecule has 2 aliphatic rings. The first-order valence-electron chi connectivity index (χ1n) is 6.42. The number of carbonyl (C=O) groups excluding carboxylic acids is 1. The van der Waals surface area contributed by atoms with E-state index in [4.69, 9.17) is 14.2 Å².